The molecule has 0 spiro atoms. The van der Waals surface area contributed by atoms with E-state index < -0.39 is 6.10 Å². The molecule has 0 bridgehead atoms. The van der Waals surface area contributed by atoms with E-state index in [1.165, 1.54) is 0 Å². The maximum absolute atomic E-state index is 12.7. The smallest absolute Gasteiger partial charge is 0.255 e. The molecular formula is C23H22ClNO3. The summed E-state index contributed by atoms with van der Waals surface area (Å²) in [6, 6.07) is 21.2. The minimum atomic E-state index is -0.903. The summed E-state index contributed by atoms with van der Waals surface area (Å²) in [6.45, 7) is 2.67. The highest BCUT2D eigenvalue weighted by atomic mass is 35.5. The fraction of sp³-hybridized carbons (Fsp3) is 0.174. The number of carbonyl (C=O) groups excluding carboxylic acids is 1. The molecule has 3 rings (SSSR count). The summed E-state index contributed by atoms with van der Waals surface area (Å²) < 4.78 is 5.54. The Kier molecular flexibility index (Phi) is 6.69. The first kappa shape index (κ1) is 19.9. The van der Waals surface area contributed by atoms with E-state index in [1.807, 2.05) is 37.3 Å². The van der Waals surface area contributed by atoms with Gasteiger partial charge < -0.3 is 15.2 Å². The van der Waals surface area contributed by atoms with Crippen LogP contribution in [0, 0.1) is 0 Å². The van der Waals surface area contributed by atoms with Gasteiger partial charge in [0.15, 0.2) is 0 Å². The van der Waals surface area contributed by atoms with Crippen LogP contribution in [-0.2, 0) is 0 Å². The normalized spacial score (nSPS) is 11.7. The predicted octanol–water partition coefficient (Wildman–Crippen LogP) is 5.46. The lowest BCUT2D eigenvalue weighted by molar-refractivity contribution is 0.102. The third-order valence-corrected chi connectivity index (χ3v) is 4.50. The van der Waals surface area contributed by atoms with Crippen molar-refractivity contribution in [3.63, 3.8) is 0 Å². The zero-order valence-corrected chi connectivity index (χ0v) is 16.3. The number of aliphatic hydroxyl groups excluding tert-OH is 1. The SMILES string of the molecule is CCCOc1ccc(C(=O)Nc2ccc(Cl)cc2C(O)c2ccccc2)cc1. The fourth-order valence-corrected chi connectivity index (χ4v) is 2.99. The second-order valence-corrected chi connectivity index (χ2v) is 6.81. The lowest BCUT2D eigenvalue weighted by atomic mass is 9.99. The zero-order chi connectivity index (χ0) is 19.9. The molecule has 0 aromatic heterocycles. The van der Waals surface area contributed by atoms with Crippen molar-refractivity contribution in [1.82, 2.24) is 0 Å². The van der Waals surface area contributed by atoms with E-state index >= 15 is 0 Å². The number of amides is 1. The highest BCUT2D eigenvalue weighted by molar-refractivity contribution is 6.30. The molecule has 0 fully saturated rings. The number of halogens is 1. The number of hydrogen-bond donors (Lipinski definition) is 2. The molecule has 3 aromatic carbocycles. The Hall–Kier alpha value is -2.82. The lowest BCUT2D eigenvalue weighted by Crippen LogP contribution is -2.14. The molecule has 0 aliphatic carbocycles. The van der Waals surface area contributed by atoms with Gasteiger partial charge in [0.2, 0.25) is 0 Å². The second kappa shape index (κ2) is 9.40. The summed E-state index contributed by atoms with van der Waals surface area (Å²) in [6.07, 6.45) is 0.0192. The highest BCUT2D eigenvalue weighted by Crippen LogP contribution is 2.31. The standard InChI is InChI=1S/C23H22ClNO3/c1-2-14-28-19-11-8-17(9-12-19)23(27)25-21-13-10-18(24)15-20(21)22(26)16-6-4-3-5-7-16/h3-13,15,22,26H,2,14H2,1H3,(H,25,27). The predicted molar refractivity (Wildman–Crippen MR) is 112 cm³/mol. The molecule has 2 N–H and O–H groups in total. The van der Waals surface area contributed by atoms with Crippen LogP contribution < -0.4 is 10.1 Å². The Balaban J connectivity index is 1.81. The Bertz CT molecular complexity index is 926. The van der Waals surface area contributed by atoms with Crippen molar-refractivity contribution in [3.05, 3.63) is 94.5 Å². The minimum Gasteiger partial charge on any atom is -0.494 e. The van der Waals surface area contributed by atoms with E-state index in [1.54, 1.807) is 42.5 Å². The van der Waals surface area contributed by atoms with Gasteiger partial charge in [-0.1, -0.05) is 48.9 Å². The average Bonchev–Trinajstić information content (AvgIpc) is 2.74. The van der Waals surface area contributed by atoms with Crippen molar-refractivity contribution in [2.75, 3.05) is 11.9 Å². The molecule has 0 saturated carbocycles. The zero-order valence-electron chi connectivity index (χ0n) is 15.6. The van der Waals surface area contributed by atoms with E-state index in [0.29, 0.717) is 28.4 Å². The largest absolute Gasteiger partial charge is 0.494 e. The first-order chi connectivity index (χ1) is 13.6. The molecule has 4 nitrogen and oxygen atoms in total. The maximum atomic E-state index is 12.7. The number of carbonyl (C=O) groups is 1. The van der Waals surface area contributed by atoms with Crippen molar-refractivity contribution in [3.8, 4) is 5.75 Å². The van der Waals surface area contributed by atoms with Crippen LogP contribution in [0.5, 0.6) is 5.75 Å². The van der Waals surface area contributed by atoms with Gasteiger partial charge in [-0.3, -0.25) is 4.79 Å². The first-order valence-corrected chi connectivity index (χ1v) is 9.53. The van der Waals surface area contributed by atoms with E-state index in [-0.39, 0.29) is 5.91 Å². The molecule has 144 valence electrons. The van der Waals surface area contributed by atoms with Crippen molar-refractivity contribution < 1.29 is 14.6 Å². The number of aliphatic hydroxyl groups is 1. The lowest BCUT2D eigenvalue weighted by Gasteiger charge is -2.17. The van der Waals surface area contributed by atoms with Gasteiger partial charge in [-0.15, -0.1) is 0 Å². The number of anilines is 1. The Labute approximate surface area is 169 Å². The van der Waals surface area contributed by atoms with Crippen molar-refractivity contribution in [2.24, 2.45) is 0 Å². The molecule has 1 unspecified atom stereocenters. The van der Waals surface area contributed by atoms with E-state index in [2.05, 4.69) is 5.32 Å². The third kappa shape index (κ3) is 4.91. The Morgan fingerprint density at radius 2 is 1.79 bits per heavy atom. The minimum absolute atomic E-state index is 0.272. The summed E-state index contributed by atoms with van der Waals surface area (Å²) in [5.74, 6) is 0.455. The first-order valence-electron chi connectivity index (χ1n) is 9.15. The molecule has 0 heterocycles. The average molecular weight is 396 g/mol. The number of benzene rings is 3. The highest BCUT2D eigenvalue weighted by Gasteiger charge is 2.17. The van der Waals surface area contributed by atoms with Crippen molar-refractivity contribution in [1.29, 1.82) is 0 Å². The van der Waals surface area contributed by atoms with Crippen LogP contribution in [-0.4, -0.2) is 17.6 Å². The van der Waals surface area contributed by atoms with Crippen molar-refractivity contribution in [2.45, 2.75) is 19.4 Å². The van der Waals surface area contributed by atoms with Crippen LogP contribution in [0.3, 0.4) is 0 Å². The van der Waals surface area contributed by atoms with Gasteiger partial charge in [-0.05, 0) is 54.4 Å². The van der Waals surface area contributed by atoms with E-state index in [9.17, 15) is 9.90 Å². The van der Waals surface area contributed by atoms with Gasteiger partial charge in [-0.2, -0.15) is 0 Å². The van der Waals surface area contributed by atoms with Gasteiger partial charge in [0.1, 0.15) is 11.9 Å². The van der Waals surface area contributed by atoms with Gasteiger partial charge in [0.25, 0.3) is 5.91 Å². The number of ether oxygens (including phenoxy) is 1. The van der Waals surface area contributed by atoms with Crippen molar-refractivity contribution >= 4 is 23.2 Å². The molecule has 1 atom stereocenters. The van der Waals surface area contributed by atoms with Crippen LogP contribution in [0.4, 0.5) is 5.69 Å². The second-order valence-electron chi connectivity index (χ2n) is 6.37. The quantitative estimate of drug-likeness (QED) is 0.558. The van der Waals surface area contributed by atoms with Crippen LogP contribution in [0.15, 0.2) is 72.8 Å². The molecule has 28 heavy (non-hydrogen) atoms. The third-order valence-electron chi connectivity index (χ3n) is 4.26. The molecule has 0 aliphatic rings. The molecule has 3 aromatic rings. The molecule has 0 radical (unpaired) electrons. The van der Waals surface area contributed by atoms with E-state index in [4.69, 9.17) is 16.3 Å². The number of rotatable bonds is 7. The van der Waals surface area contributed by atoms with Gasteiger partial charge in [0.05, 0.1) is 6.61 Å². The summed E-state index contributed by atoms with van der Waals surface area (Å²) in [5, 5.41) is 14.1. The molecule has 1 amide bonds. The van der Waals surface area contributed by atoms with Crippen LogP contribution in [0.25, 0.3) is 0 Å². The molecule has 0 aliphatic heterocycles. The van der Waals surface area contributed by atoms with Gasteiger partial charge in [0, 0.05) is 21.8 Å². The fourth-order valence-electron chi connectivity index (χ4n) is 2.81. The topological polar surface area (TPSA) is 58.6 Å². The summed E-state index contributed by atoms with van der Waals surface area (Å²) >= 11 is 6.12. The van der Waals surface area contributed by atoms with Crippen LogP contribution >= 0.6 is 11.6 Å². The summed E-state index contributed by atoms with van der Waals surface area (Å²) in [7, 11) is 0. The van der Waals surface area contributed by atoms with E-state index in [0.717, 1.165) is 17.7 Å². The van der Waals surface area contributed by atoms with Gasteiger partial charge in [-0.25, -0.2) is 0 Å². The number of hydrogen-bond acceptors (Lipinski definition) is 3. The van der Waals surface area contributed by atoms with Crippen LogP contribution in [0.1, 0.15) is 40.9 Å². The Morgan fingerprint density at radius 1 is 1.07 bits per heavy atom. The molecule has 5 heteroatoms. The Morgan fingerprint density at radius 3 is 2.46 bits per heavy atom. The molecule has 0 saturated heterocycles. The molecular weight excluding hydrogens is 374 g/mol. The number of nitrogens with one attached hydrogen (secondary N) is 1. The maximum Gasteiger partial charge on any atom is 0.255 e. The van der Waals surface area contributed by atoms with Crippen LogP contribution in [0.2, 0.25) is 5.02 Å². The summed E-state index contributed by atoms with van der Waals surface area (Å²) in [4.78, 5) is 12.7. The monoisotopic (exact) mass is 395 g/mol. The summed E-state index contributed by atoms with van der Waals surface area (Å²) in [5.41, 5.74) is 2.27. The van der Waals surface area contributed by atoms with Gasteiger partial charge >= 0.3 is 0 Å².